The second-order valence-electron chi connectivity index (χ2n) is 4.06. The van der Waals surface area contributed by atoms with Crippen LogP contribution in [0.4, 0.5) is 0 Å². The Balaban J connectivity index is 2.42. The third-order valence-corrected chi connectivity index (χ3v) is 2.72. The van der Waals surface area contributed by atoms with Crippen LogP contribution in [0.1, 0.15) is 12.5 Å². The van der Waals surface area contributed by atoms with Crippen molar-refractivity contribution >= 4 is 10.8 Å². The normalized spacial score (nSPS) is 12.9. The predicted molar refractivity (Wildman–Crippen MR) is 63.7 cm³/mol. The van der Waals surface area contributed by atoms with Gasteiger partial charge in [-0.2, -0.15) is 0 Å². The first kappa shape index (κ1) is 10.1. The molecular formula is C13H16N2. The number of benzene rings is 1. The molecule has 2 aromatic rings. The zero-order valence-corrected chi connectivity index (χ0v) is 8.98. The summed E-state index contributed by atoms with van der Waals surface area (Å²) in [6, 6.07) is 8.35. The monoisotopic (exact) mass is 200 g/mol. The summed E-state index contributed by atoms with van der Waals surface area (Å²) >= 11 is 0. The molecule has 2 heteroatoms. The fraction of sp³-hybridized carbons (Fsp3) is 0.308. The van der Waals surface area contributed by atoms with Crippen molar-refractivity contribution in [3.05, 3.63) is 42.2 Å². The van der Waals surface area contributed by atoms with E-state index in [1.165, 1.54) is 16.3 Å². The molecule has 1 heterocycles. The lowest BCUT2D eigenvalue weighted by Crippen LogP contribution is -2.13. The maximum absolute atomic E-state index is 5.64. The number of rotatable bonds is 3. The van der Waals surface area contributed by atoms with Crippen LogP contribution < -0.4 is 5.73 Å². The van der Waals surface area contributed by atoms with Crippen molar-refractivity contribution in [2.75, 3.05) is 6.54 Å². The molecule has 1 atom stereocenters. The summed E-state index contributed by atoms with van der Waals surface area (Å²) < 4.78 is 0. The van der Waals surface area contributed by atoms with E-state index in [0.717, 1.165) is 13.0 Å². The van der Waals surface area contributed by atoms with Crippen molar-refractivity contribution < 1.29 is 0 Å². The zero-order valence-electron chi connectivity index (χ0n) is 8.98. The third-order valence-electron chi connectivity index (χ3n) is 2.72. The van der Waals surface area contributed by atoms with Crippen LogP contribution in [0.25, 0.3) is 10.8 Å². The van der Waals surface area contributed by atoms with Crippen molar-refractivity contribution in [2.45, 2.75) is 13.3 Å². The molecule has 15 heavy (non-hydrogen) atoms. The Morgan fingerprint density at radius 3 is 2.87 bits per heavy atom. The minimum absolute atomic E-state index is 0.512. The maximum atomic E-state index is 5.64. The fourth-order valence-electron chi connectivity index (χ4n) is 1.80. The van der Waals surface area contributed by atoms with Gasteiger partial charge < -0.3 is 5.73 Å². The second kappa shape index (κ2) is 4.41. The van der Waals surface area contributed by atoms with Crippen LogP contribution in [-0.4, -0.2) is 11.5 Å². The lowest BCUT2D eigenvalue weighted by atomic mass is 9.98. The minimum atomic E-state index is 0.512. The van der Waals surface area contributed by atoms with E-state index < -0.39 is 0 Å². The molecule has 0 spiro atoms. The summed E-state index contributed by atoms with van der Waals surface area (Å²) in [5.41, 5.74) is 6.94. The first-order valence-corrected chi connectivity index (χ1v) is 5.33. The number of hydrogen-bond acceptors (Lipinski definition) is 2. The molecule has 0 radical (unpaired) electrons. The molecule has 0 saturated heterocycles. The average molecular weight is 200 g/mol. The Labute approximate surface area is 90.1 Å². The molecule has 78 valence electrons. The molecule has 1 aromatic carbocycles. The number of nitrogens with two attached hydrogens (primary N) is 1. The van der Waals surface area contributed by atoms with Gasteiger partial charge in [-0.3, -0.25) is 4.98 Å². The summed E-state index contributed by atoms with van der Waals surface area (Å²) in [6.45, 7) is 2.89. The highest BCUT2D eigenvalue weighted by molar-refractivity contribution is 5.84. The molecule has 0 fully saturated rings. The van der Waals surface area contributed by atoms with E-state index in [9.17, 15) is 0 Å². The molecule has 2 rings (SSSR count). The molecule has 0 saturated carbocycles. The molecule has 2 nitrogen and oxygen atoms in total. The number of aromatic nitrogens is 1. The first-order chi connectivity index (χ1) is 7.31. The fourth-order valence-corrected chi connectivity index (χ4v) is 1.80. The van der Waals surface area contributed by atoms with Crippen LogP contribution >= 0.6 is 0 Å². The van der Waals surface area contributed by atoms with E-state index in [2.05, 4.69) is 30.1 Å². The van der Waals surface area contributed by atoms with E-state index in [-0.39, 0.29) is 0 Å². The van der Waals surface area contributed by atoms with E-state index in [1.807, 2.05) is 18.5 Å². The lowest BCUT2D eigenvalue weighted by molar-refractivity contribution is 0.594. The van der Waals surface area contributed by atoms with Crippen LogP contribution in [0, 0.1) is 5.92 Å². The highest BCUT2D eigenvalue weighted by atomic mass is 14.6. The Hall–Kier alpha value is -1.41. The predicted octanol–water partition coefficient (Wildman–Crippen LogP) is 2.37. The van der Waals surface area contributed by atoms with Crippen LogP contribution in [0.15, 0.2) is 36.7 Å². The van der Waals surface area contributed by atoms with Gasteiger partial charge in [-0.25, -0.2) is 0 Å². The number of fused-ring (bicyclic) bond motifs is 1. The van der Waals surface area contributed by atoms with Crippen molar-refractivity contribution in [2.24, 2.45) is 11.7 Å². The van der Waals surface area contributed by atoms with Gasteiger partial charge in [-0.05, 0) is 29.8 Å². The highest BCUT2D eigenvalue weighted by Crippen LogP contribution is 2.19. The Morgan fingerprint density at radius 2 is 2.07 bits per heavy atom. The largest absolute Gasteiger partial charge is 0.330 e. The maximum Gasteiger partial charge on any atom is 0.0346 e. The summed E-state index contributed by atoms with van der Waals surface area (Å²) in [7, 11) is 0. The van der Waals surface area contributed by atoms with Gasteiger partial charge in [0.25, 0.3) is 0 Å². The number of nitrogens with zero attached hydrogens (tertiary/aromatic N) is 1. The summed E-state index contributed by atoms with van der Waals surface area (Å²) in [6.07, 6.45) is 4.87. The van der Waals surface area contributed by atoms with Gasteiger partial charge in [0.2, 0.25) is 0 Å². The van der Waals surface area contributed by atoms with E-state index >= 15 is 0 Å². The van der Waals surface area contributed by atoms with Crippen LogP contribution in [0.3, 0.4) is 0 Å². The lowest BCUT2D eigenvalue weighted by Gasteiger charge is -2.10. The quantitative estimate of drug-likeness (QED) is 0.826. The SMILES string of the molecule is C[C@H](CN)Cc1cncc2ccccc12. The Morgan fingerprint density at radius 1 is 1.27 bits per heavy atom. The van der Waals surface area contributed by atoms with E-state index in [0.29, 0.717) is 5.92 Å². The molecule has 1 aromatic heterocycles. The second-order valence-corrected chi connectivity index (χ2v) is 4.06. The smallest absolute Gasteiger partial charge is 0.0346 e. The molecule has 0 unspecified atom stereocenters. The average Bonchev–Trinajstić information content (AvgIpc) is 2.29. The first-order valence-electron chi connectivity index (χ1n) is 5.33. The van der Waals surface area contributed by atoms with Gasteiger partial charge in [0.1, 0.15) is 0 Å². The van der Waals surface area contributed by atoms with Crippen molar-refractivity contribution in [3.8, 4) is 0 Å². The third kappa shape index (κ3) is 2.16. The summed E-state index contributed by atoms with van der Waals surface area (Å²) in [5, 5.41) is 2.51. The number of hydrogen-bond donors (Lipinski definition) is 1. The molecule has 0 aliphatic rings. The van der Waals surface area contributed by atoms with Gasteiger partial charge in [0.05, 0.1) is 0 Å². The minimum Gasteiger partial charge on any atom is -0.330 e. The van der Waals surface area contributed by atoms with E-state index in [1.54, 1.807) is 0 Å². The summed E-state index contributed by atoms with van der Waals surface area (Å²) in [4.78, 5) is 4.26. The van der Waals surface area contributed by atoms with Crippen molar-refractivity contribution in [1.82, 2.24) is 4.98 Å². The van der Waals surface area contributed by atoms with E-state index in [4.69, 9.17) is 5.73 Å². The molecule has 0 aliphatic heterocycles. The van der Waals surface area contributed by atoms with Crippen LogP contribution in [-0.2, 0) is 6.42 Å². The van der Waals surface area contributed by atoms with Crippen LogP contribution in [0.5, 0.6) is 0 Å². The van der Waals surface area contributed by atoms with Crippen molar-refractivity contribution in [3.63, 3.8) is 0 Å². The molecule has 0 aliphatic carbocycles. The molecular weight excluding hydrogens is 184 g/mol. The molecule has 0 amide bonds. The topological polar surface area (TPSA) is 38.9 Å². The molecule has 0 bridgehead atoms. The molecule has 2 N–H and O–H groups in total. The van der Waals surface area contributed by atoms with Gasteiger partial charge in [0.15, 0.2) is 0 Å². The van der Waals surface area contributed by atoms with Crippen LogP contribution in [0.2, 0.25) is 0 Å². The number of pyridine rings is 1. The van der Waals surface area contributed by atoms with Gasteiger partial charge in [-0.1, -0.05) is 31.2 Å². The van der Waals surface area contributed by atoms with Gasteiger partial charge >= 0.3 is 0 Å². The standard InChI is InChI=1S/C13H16N2/c1-10(7-14)6-12-9-15-8-11-4-2-3-5-13(11)12/h2-5,8-10H,6-7,14H2,1H3/t10-/m0/s1. The van der Waals surface area contributed by atoms with Gasteiger partial charge in [0, 0.05) is 17.8 Å². The van der Waals surface area contributed by atoms with Gasteiger partial charge in [-0.15, -0.1) is 0 Å². The Kier molecular flexibility index (Phi) is 2.97. The highest BCUT2D eigenvalue weighted by Gasteiger charge is 2.05. The summed E-state index contributed by atoms with van der Waals surface area (Å²) in [5.74, 6) is 0.512. The van der Waals surface area contributed by atoms with Crippen molar-refractivity contribution in [1.29, 1.82) is 0 Å². The zero-order chi connectivity index (χ0) is 10.7. The Bertz CT molecular complexity index is 446.